The van der Waals surface area contributed by atoms with Crippen LogP contribution in [-0.4, -0.2) is 28.1 Å². The molecule has 0 aliphatic carbocycles. The summed E-state index contributed by atoms with van der Waals surface area (Å²) in [5, 5.41) is 14.1. The molecule has 0 radical (unpaired) electrons. The second kappa shape index (κ2) is 4.84. The third-order valence-corrected chi connectivity index (χ3v) is 3.27. The molecule has 1 aromatic rings. The number of aliphatic hydroxyl groups is 1. The average molecular weight is 225 g/mol. The molecule has 1 fully saturated rings. The lowest BCUT2D eigenvalue weighted by Crippen LogP contribution is -2.18. The first-order valence-electron chi connectivity index (χ1n) is 5.71. The molecule has 1 unspecified atom stereocenters. The number of ether oxygens (including phenoxy) is 1. The van der Waals surface area contributed by atoms with Crippen LogP contribution in [0.1, 0.15) is 30.9 Å². The standard InChI is InChI=1S/C11H19N3O2/c1-14-11(12)9(7-13-14)10(15)6-8-2-4-16-5-3-8/h7-8,10,15H,2-6,12H2,1H3. The van der Waals surface area contributed by atoms with E-state index in [1.807, 2.05) is 0 Å². The average Bonchev–Trinajstić information content (AvgIpc) is 2.61. The first kappa shape index (κ1) is 11.4. The molecule has 1 aliphatic rings. The Balaban J connectivity index is 1.96. The van der Waals surface area contributed by atoms with Crippen molar-refractivity contribution in [2.75, 3.05) is 18.9 Å². The zero-order chi connectivity index (χ0) is 11.5. The van der Waals surface area contributed by atoms with Crippen LogP contribution in [0.15, 0.2) is 6.20 Å². The summed E-state index contributed by atoms with van der Waals surface area (Å²) in [5.41, 5.74) is 6.57. The van der Waals surface area contributed by atoms with Gasteiger partial charge in [-0.05, 0) is 25.2 Å². The molecule has 2 heterocycles. The number of aromatic nitrogens is 2. The highest BCUT2D eigenvalue weighted by atomic mass is 16.5. The van der Waals surface area contributed by atoms with Gasteiger partial charge in [0.25, 0.3) is 0 Å². The Bertz CT molecular complexity index is 345. The second-order valence-electron chi connectivity index (χ2n) is 4.42. The summed E-state index contributed by atoms with van der Waals surface area (Å²) in [6.45, 7) is 1.61. The molecule has 1 aromatic heterocycles. The van der Waals surface area contributed by atoms with Crippen LogP contribution in [0.3, 0.4) is 0 Å². The van der Waals surface area contributed by atoms with Crippen molar-refractivity contribution in [2.24, 2.45) is 13.0 Å². The van der Waals surface area contributed by atoms with Gasteiger partial charge in [-0.25, -0.2) is 0 Å². The van der Waals surface area contributed by atoms with Crippen LogP contribution in [0.25, 0.3) is 0 Å². The molecular weight excluding hydrogens is 206 g/mol. The number of anilines is 1. The first-order valence-corrected chi connectivity index (χ1v) is 5.71. The zero-order valence-corrected chi connectivity index (χ0v) is 9.59. The minimum Gasteiger partial charge on any atom is -0.388 e. The fraction of sp³-hybridized carbons (Fsp3) is 0.727. The van der Waals surface area contributed by atoms with E-state index in [-0.39, 0.29) is 0 Å². The van der Waals surface area contributed by atoms with Crippen LogP contribution >= 0.6 is 0 Å². The molecule has 1 aliphatic heterocycles. The minimum atomic E-state index is -0.503. The number of aryl methyl sites for hydroxylation is 1. The van der Waals surface area contributed by atoms with Gasteiger partial charge in [-0.3, -0.25) is 4.68 Å². The fourth-order valence-corrected chi connectivity index (χ4v) is 2.15. The highest BCUT2D eigenvalue weighted by Gasteiger charge is 2.21. The fourth-order valence-electron chi connectivity index (χ4n) is 2.15. The molecular formula is C11H19N3O2. The molecule has 0 aromatic carbocycles. The normalized spacial score (nSPS) is 19.9. The molecule has 5 nitrogen and oxygen atoms in total. The van der Waals surface area contributed by atoms with Crippen LogP contribution in [0.2, 0.25) is 0 Å². The summed E-state index contributed by atoms with van der Waals surface area (Å²) in [6.07, 6.45) is 3.95. The van der Waals surface area contributed by atoms with Crippen molar-refractivity contribution in [1.29, 1.82) is 0 Å². The summed E-state index contributed by atoms with van der Waals surface area (Å²) in [4.78, 5) is 0. The minimum absolute atomic E-state index is 0.503. The van der Waals surface area contributed by atoms with Crippen LogP contribution in [-0.2, 0) is 11.8 Å². The number of hydrogen-bond donors (Lipinski definition) is 2. The number of nitrogen functional groups attached to an aromatic ring is 1. The van der Waals surface area contributed by atoms with E-state index in [2.05, 4.69) is 5.10 Å². The zero-order valence-electron chi connectivity index (χ0n) is 9.59. The van der Waals surface area contributed by atoms with Crippen LogP contribution in [0.5, 0.6) is 0 Å². The highest BCUT2D eigenvalue weighted by Crippen LogP contribution is 2.29. The Morgan fingerprint density at radius 2 is 2.31 bits per heavy atom. The SMILES string of the molecule is Cn1ncc(C(O)CC2CCOCC2)c1N. The maximum atomic E-state index is 10.1. The Labute approximate surface area is 95.2 Å². The second-order valence-corrected chi connectivity index (χ2v) is 4.42. The van der Waals surface area contributed by atoms with E-state index in [1.54, 1.807) is 17.9 Å². The molecule has 3 N–H and O–H groups in total. The largest absolute Gasteiger partial charge is 0.388 e. The van der Waals surface area contributed by atoms with Crippen molar-refractivity contribution in [1.82, 2.24) is 9.78 Å². The van der Waals surface area contributed by atoms with Gasteiger partial charge in [0.15, 0.2) is 0 Å². The van der Waals surface area contributed by atoms with Gasteiger partial charge in [0.1, 0.15) is 5.82 Å². The van der Waals surface area contributed by atoms with Gasteiger partial charge in [-0.15, -0.1) is 0 Å². The highest BCUT2D eigenvalue weighted by molar-refractivity contribution is 5.39. The lowest BCUT2D eigenvalue weighted by molar-refractivity contribution is 0.0436. The lowest BCUT2D eigenvalue weighted by Gasteiger charge is -2.24. The number of hydrogen-bond acceptors (Lipinski definition) is 4. The van der Waals surface area contributed by atoms with Gasteiger partial charge in [-0.1, -0.05) is 0 Å². The summed E-state index contributed by atoms with van der Waals surface area (Å²) in [6, 6.07) is 0. The summed E-state index contributed by atoms with van der Waals surface area (Å²) in [7, 11) is 1.78. The molecule has 90 valence electrons. The molecule has 2 rings (SSSR count). The number of nitrogens with zero attached hydrogens (tertiary/aromatic N) is 2. The monoisotopic (exact) mass is 225 g/mol. The predicted octanol–water partition coefficient (Wildman–Crippen LogP) is 0.852. The van der Waals surface area contributed by atoms with E-state index in [0.29, 0.717) is 11.7 Å². The molecule has 0 amide bonds. The van der Waals surface area contributed by atoms with E-state index in [4.69, 9.17) is 10.5 Å². The van der Waals surface area contributed by atoms with E-state index in [0.717, 1.165) is 38.0 Å². The van der Waals surface area contributed by atoms with Gasteiger partial charge in [-0.2, -0.15) is 5.10 Å². The first-order chi connectivity index (χ1) is 7.68. The van der Waals surface area contributed by atoms with Crippen molar-refractivity contribution in [3.05, 3.63) is 11.8 Å². The molecule has 0 bridgehead atoms. The van der Waals surface area contributed by atoms with Crippen molar-refractivity contribution < 1.29 is 9.84 Å². The Morgan fingerprint density at radius 1 is 1.62 bits per heavy atom. The summed E-state index contributed by atoms with van der Waals surface area (Å²) >= 11 is 0. The van der Waals surface area contributed by atoms with Crippen LogP contribution in [0.4, 0.5) is 5.82 Å². The molecule has 0 spiro atoms. The lowest BCUT2D eigenvalue weighted by atomic mass is 9.92. The molecule has 5 heteroatoms. The Hall–Kier alpha value is -1.07. The van der Waals surface area contributed by atoms with Gasteiger partial charge in [0, 0.05) is 25.8 Å². The maximum absolute atomic E-state index is 10.1. The van der Waals surface area contributed by atoms with Gasteiger partial charge < -0.3 is 15.6 Å². The van der Waals surface area contributed by atoms with Crippen molar-refractivity contribution in [3.63, 3.8) is 0 Å². The molecule has 1 saturated heterocycles. The smallest absolute Gasteiger partial charge is 0.127 e. The summed E-state index contributed by atoms with van der Waals surface area (Å²) in [5.74, 6) is 1.09. The quantitative estimate of drug-likeness (QED) is 0.800. The van der Waals surface area contributed by atoms with E-state index in [1.165, 1.54) is 0 Å². The van der Waals surface area contributed by atoms with E-state index < -0.39 is 6.10 Å². The maximum Gasteiger partial charge on any atom is 0.127 e. The van der Waals surface area contributed by atoms with Crippen molar-refractivity contribution in [3.8, 4) is 0 Å². The van der Waals surface area contributed by atoms with Crippen LogP contribution in [0, 0.1) is 5.92 Å². The van der Waals surface area contributed by atoms with Gasteiger partial charge >= 0.3 is 0 Å². The van der Waals surface area contributed by atoms with E-state index >= 15 is 0 Å². The van der Waals surface area contributed by atoms with Crippen molar-refractivity contribution >= 4 is 5.82 Å². The number of nitrogens with two attached hydrogens (primary N) is 1. The molecule has 16 heavy (non-hydrogen) atoms. The van der Waals surface area contributed by atoms with Crippen LogP contribution < -0.4 is 5.73 Å². The third-order valence-electron chi connectivity index (χ3n) is 3.27. The molecule has 0 saturated carbocycles. The van der Waals surface area contributed by atoms with Gasteiger partial charge in [0.05, 0.1) is 12.3 Å². The Morgan fingerprint density at radius 3 is 2.88 bits per heavy atom. The van der Waals surface area contributed by atoms with Crippen molar-refractivity contribution in [2.45, 2.75) is 25.4 Å². The third kappa shape index (κ3) is 2.36. The topological polar surface area (TPSA) is 73.3 Å². The van der Waals surface area contributed by atoms with E-state index in [9.17, 15) is 5.11 Å². The number of aliphatic hydroxyl groups excluding tert-OH is 1. The molecule has 1 atom stereocenters. The Kier molecular flexibility index (Phi) is 3.46. The summed E-state index contributed by atoms with van der Waals surface area (Å²) < 4.78 is 6.88. The predicted molar refractivity (Wildman–Crippen MR) is 60.7 cm³/mol. The number of rotatable bonds is 3. The van der Waals surface area contributed by atoms with Gasteiger partial charge in [0.2, 0.25) is 0 Å².